The van der Waals surface area contributed by atoms with E-state index in [0.29, 0.717) is 6.61 Å². The van der Waals surface area contributed by atoms with Gasteiger partial charge in [-0.1, -0.05) is 0 Å². The fraction of sp³-hybridized carbons (Fsp3) is 0.571. The predicted molar refractivity (Wildman–Crippen MR) is 80.7 cm³/mol. The molecule has 1 aromatic rings. The molecule has 4 nitrogen and oxygen atoms in total. The van der Waals surface area contributed by atoms with Crippen LogP contribution in [-0.4, -0.2) is 32.6 Å². The Balaban J connectivity index is 2.40. The third kappa shape index (κ3) is 6.07. The van der Waals surface area contributed by atoms with Crippen molar-refractivity contribution in [2.24, 2.45) is 5.73 Å². The first-order chi connectivity index (χ1) is 9.19. The monoisotopic (exact) mass is 285 g/mol. The quantitative estimate of drug-likeness (QED) is 0.541. The Morgan fingerprint density at radius 3 is 2.16 bits per heavy atom. The van der Waals surface area contributed by atoms with Gasteiger partial charge in [0.25, 0.3) is 0 Å². The van der Waals surface area contributed by atoms with Gasteiger partial charge >= 0.3 is 0 Å². The highest BCUT2D eigenvalue weighted by Gasteiger charge is 2.04. The Hall–Kier alpha value is -1.07. The smallest absolute Gasteiger partial charge is 0.126 e. The van der Waals surface area contributed by atoms with Crippen molar-refractivity contribution < 1.29 is 14.2 Å². The number of hydrogen-bond acceptors (Lipinski definition) is 5. The van der Waals surface area contributed by atoms with Crippen molar-refractivity contribution in [3.63, 3.8) is 0 Å². The number of nitrogens with two attached hydrogens (primary N) is 1. The second kappa shape index (κ2) is 8.93. The molecule has 2 N–H and O–H groups in total. The Labute approximate surface area is 120 Å². The molecule has 1 rings (SSSR count). The molecule has 0 heterocycles. The van der Waals surface area contributed by atoms with Gasteiger partial charge in [0.15, 0.2) is 0 Å². The van der Waals surface area contributed by atoms with E-state index >= 15 is 0 Å². The molecule has 0 radical (unpaired) electrons. The molecule has 1 atom stereocenters. The van der Waals surface area contributed by atoms with Gasteiger partial charge in [-0.25, -0.2) is 0 Å². The van der Waals surface area contributed by atoms with Crippen LogP contribution in [0.1, 0.15) is 19.3 Å². The zero-order chi connectivity index (χ0) is 14.1. The van der Waals surface area contributed by atoms with Crippen LogP contribution in [0.25, 0.3) is 0 Å². The third-order valence-corrected chi connectivity index (χ3v) is 3.07. The molecule has 0 bridgehead atoms. The largest absolute Gasteiger partial charge is 0.496 e. The lowest BCUT2D eigenvalue weighted by molar-refractivity contribution is 0.296. The second-order valence-electron chi connectivity index (χ2n) is 4.31. The first-order valence-corrected chi connectivity index (χ1v) is 7.05. The van der Waals surface area contributed by atoms with Crippen LogP contribution < -0.4 is 19.9 Å². The predicted octanol–water partition coefficient (Wildman–Crippen LogP) is 2.51. The van der Waals surface area contributed by atoms with E-state index in [1.165, 1.54) is 0 Å². The molecule has 1 aromatic carbocycles. The molecule has 19 heavy (non-hydrogen) atoms. The minimum absolute atomic E-state index is 0.209. The summed E-state index contributed by atoms with van der Waals surface area (Å²) in [6.45, 7) is 0.636. The van der Waals surface area contributed by atoms with E-state index in [-0.39, 0.29) is 6.04 Å². The van der Waals surface area contributed by atoms with Gasteiger partial charge in [-0.15, -0.1) is 0 Å². The molecular formula is C14H23NO3S. The summed E-state index contributed by atoms with van der Waals surface area (Å²) in [5.74, 6) is 3.02. The maximum atomic E-state index is 5.91. The summed E-state index contributed by atoms with van der Waals surface area (Å²) in [5, 5.41) is 0. The Morgan fingerprint density at radius 2 is 1.63 bits per heavy atom. The van der Waals surface area contributed by atoms with Crippen LogP contribution >= 0.6 is 12.6 Å². The van der Waals surface area contributed by atoms with Crippen LogP contribution in [0.3, 0.4) is 0 Å². The molecule has 0 saturated carbocycles. The minimum Gasteiger partial charge on any atom is -0.496 e. The molecule has 0 unspecified atom stereocenters. The number of ether oxygens (including phenoxy) is 3. The molecule has 0 aliphatic carbocycles. The van der Waals surface area contributed by atoms with Crippen molar-refractivity contribution in [1.82, 2.24) is 0 Å². The highest BCUT2D eigenvalue weighted by Crippen LogP contribution is 2.27. The number of methoxy groups -OCH3 is 2. The van der Waals surface area contributed by atoms with Gasteiger partial charge in [0.1, 0.15) is 17.2 Å². The van der Waals surface area contributed by atoms with E-state index in [0.717, 1.165) is 42.3 Å². The average Bonchev–Trinajstić information content (AvgIpc) is 2.43. The molecule has 0 aromatic heterocycles. The van der Waals surface area contributed by atoms with Gasteiger partial charge in [-0.3, -0.25) is 0 Å². The first-order valence-electron chi connectivity index (χ1n) is 6.42. The van der Waals surface area contributed by atoms with E-state index in [9.17, 15) is 0 Å². The standard InChI is InChI=1S/C14H23NO3S/c1-16-12-8-13(17-2)10-14(9-12)18-6-3-4-11(15)5-7-19/h8-11,19H,3-7,15H2,1-2H3/t11-/m1/s1. The third-order valence-electron chi connectivity index (χ3n) is 2.81. The zero-order valence-corrected chi connectivity index (χ0v) is 12.5. The van der Waals surface area contributed by atoms with Crippen LogP contribution in [0.2, 0.25) is 0 Å². The van der Waals surface area contributed by atoms with Crippen molar-refractivity contribution in [3.05, 3.63) is 18.2 Å². The van der Waals surface area contributed by atoms with E-state index in [1.54, 1.807) is 14.2 Å². The topological polar surface area (TPSA) is 53.7 Å². The molecule has 5 heteroatoms. The lowest BCUT2D eigenvalue weighted by atomic mass is 10.1. The molecule has 0 aliphatic rings. The number of hydrogen-bond donors (Lipinski definition) is 2. The summed E-state index contributed by atoms with van der Waals surface area (Å²) >= 11 is 4.17. The van der Waals surface area contributed by atoms with Crippen molar-refractivity contribution in [3.8, 4) is 17.2 Å². The van der Waals surface area contributed by atoms with Gasteiger partial charge in [0.2, 0.25) is 0 Å². The van der Waals surface area contributed by atoms with Crippen molar-refractivity contribution in [1.29, 1.82) is 0 Å². The molecule has 0 spiro atoms. The Morgan fingerprint density at radius 1 is 1.05 bits per heavy atom. The van der Waals surface area contributed by atoms with Crippen molar-refractivity contribution in [2.45, 2.75) is 25.3 Å². The summed E-state index contributed by atoms with van der Waals surface area (Å²) in [4.78, 5) is 0. The summed E-state index contributed by atoms with van der Waals surface area (Å²) in [7, 11) is 3.24. The van der Waals surface area contributed by atoms with E-state index in [1.807, 2.05) is 18.2 Å². The molecular weight excluding hydrogens is 262 g/mol. The van der Waals surface area contributed by atoms with Gasteiger partial charge in [0.05, 0.1) is 20.8 Å². The summed E-state index contributed by atoms with van der Waals surface area (Å²) in [5.41, 5.74) is 5.91. The summed E-state index contributed by atoms with van der Waals surface area (Å²) in [6, 6.07) is 5.71. The average molecular weight is 285 g/mol. The number of benzene rings is 1. The lowest BCUT2D eigenvalue weighted by Crippen LogP contribution is -2.21. The minimum atomic E-state index is 0.209. The zero-order valence-electron chi connectivity index (χ0n) is 11.6. The fourth-order valence-corrected chi connectivity index (χ4v) is 2.04. The van der Waals surface area contributed by atoms with Crippen LogP contribution in [0.15, 0.2) is 18.2 Å². The van der Waals surface area contributed by atoms with E-state index in [4.69, 9.17) is 19.9 Å². The second-order valence-corrected chi connectivity index (χ2v) is 4.76. The van der Waals surface area contributed by atoms with Crippen molar-refractivity contribution in [2.75, 3.05) is 26.6 Å². The fourth-order valence-electron chi connectivity index (χ4n) is 1.71. The molecule has 108 valence electrons. The van der Waals surface area contributed by atoms with Crippen LogP contribution in [-0.2, 0) is 0 Å². The molecule has 0 fully saturated rings. The molecule has 0 saturated heterocycles. The Bertz CT molecular complexity index is 351. The van der Waals surface area contributed by atoms with Crippen LogP contribution in [0.4, 0.5) is 0 Å². The molecule has 0 amide bonds. The van der Waals surface area contributed by atoms with Gasteiger partial charge in [0, 0.05) is 24.2 Å². The summed E-state index contributed by atoms with van der Waals surface area (Å²) < 4.78 is 16.1. The van der Waals surface area contributed by atoms with Gasteiger partial charge in [-0.05, 0) is 25.0 Å². The van der Waals surface area contributed by atoms with Crippen LogP contribution in [0, 0.1) is 0 Å². The summed E-state index contributed by atoms with van der Waals surface area (Å²) in [6.07, 6.45) is 2.81. The van der Waals surface area contributed by atoms with Gasteiger partial charge < -0.3 is 19.9 Å². The first kappa shape index (κ1) is 16.0. The van der Waals surface area contributed by atoms with Crippen molar-refractivity contribution >= 4 is 12.6 Å². The SMILES string of the molecule is COc1cc(OC)cc(OCCC[C@@H](N)CCS)c1. The Kier molecular flexibility index (Phi) is 7.52. The van der Waals surface area contributed by atoms with E-state index < -0.39 is 0 Å². The highest BCUT2D eigenvalue weighted by atomic mass is 32.1. The lowest BCUT2D eigenvalue weighted by Gasteiger charge is -2.12. The van der Waals surface area contributed by atoms with Crippen LogP contribution in [0.5, 0.6) is 17.2 Å². The number of thiol groups is 1. The van der Waals surface area contributed by atoms with Gasteiger partial charge in [-0.2, -0.15) is 12.6 Å². The number of rotatable bonds is 9. The van der Waals surface area contributed by atoms with E-state index in [2.05, 4.69) is 12.6 Å². The molecule has 0 aliphatic heterocycles. The maximum absolute atomic E-state index is 5.91. The maximum Gasteiger partial charge on any atom is 0.126 e. The normalized spacial score (nSPS) is 12.0. The highest BCUT2D eigenvalue weighted by molar-refractivity contribution is 7.80.